The number of amides is 1. The standard InChI is InChI=1S/C19H37N3O3S/c1-3-5-11-21(12-6-4-2)26(24,25)22-15-13-20(14-16-22)19(23)17-18-9-7-8-10-18/h18H,3-17H2,1-2H3. The predicted octanol–water partition coefficient (Wildman–Crippen LogP) is 2.86. The van der Waals surface area contributed by atoms with Gasteiger partial charge in [0.15, 0.2) is 0 Å². The van der Waals surface area contributed by atoms with Gasteiger partial charge in [0, 0.05) is 45.7 Å². The number of nitrogens with zero attached hydrogens (tertiary/aromatic N) is 3. The highest BCUT2D eigenvalue weighted by Crippen LogP contribution is 2.28. The molecule has 0 aromatic rings. The molecule has 2 rings (SSSR count). The molecule has 1 saturated heterocycles. The minimum Gasteiger partial charge on any atom is -0.340 e. The lowest BCUT2D eigenvalue weighted by Gasteiger charge is -2.37. The normalized spacial score (nSPS) is 20.2. The van der Waals surface area contributed by atoms with E-state index in [9.17, 15) is 13.2 Å². The van der Waals surface area contributed by atoms with Gasteiger partial charge in [-0.25, -0.2) is 0 Å². The van der Waals surface area contributed by atoms with Crippen molar-refractivity contribution in [2.24, 2.45) is 5.92 Å². The van der Waals surface area contributed by atoms with Crippen molar-refractivity contribution in [2.75, 3.05) is 39.3 Å². The maximum atomic E-state index is 13.0. The Morgan fingerprint density at radius 3 is 2.00 bits per heavy atom. The molecule has 26 heavy (non-hydrogen) atoms. The van der Waals surface area contributed by atoms with Crippen LogP contribution in [-0.2, 0) is 15.0 Å². The summed E-state index contributed by atoms with van der Waals surface area (Å²) in [5.74, 6) is 0.755. The van der Waals surface area contributed by atoms with Crippen LogP contribution in [0.4, 0.5) is 0 Å². The molecule has 152 valence electrons. The monoisotopic (exact) mass is 387 g/mol. The maximum Gasteiger partial charge on any atom is 0.282 e. The lowest BCUT2D eigenvalue weighted by atomic mass is 10.0. The zero-order valence-corrected chi connectivity index (χ0v) is 17.5. The predicted molar refractivity (Wildman–Crippen MR) is 105 cm³/mol. The van der Waals surface area contributed by atoms with Gasteiger partial charge < -0.3 is 4.90 Å². The number of piperazine rings is 1. The molecule has 1 aliphatic carbocycles. The van der Waals surface area contributed by atoms with E-state index in [1.165, 1.54) is 25.7 Å². The second-order valence-electron chi connectivity index (χ2n) is 7.75. The van der Waals surface area contributed by atoms with Gasteiger partial charge in [-0.15, -0.1) is 0 Å². The molecular formula is C19H37N3O3S. The molecule has 0 atom stereocenters. The van der Waals surface area contributed by atoms with Crippen molar-refractivity contribution in [3.63, 3.8) is 0 Å². The summed E-state index contributed by atoms with van der Waals surface area (Å²) < 4.78 is 29.2. The Labute approximate surface area is 160 Å². The van der Waals surface area contributed by atoms with E-state index in [2.05, 4.69) is 13.8 Å². The molecule has 1 saturated carbocycles. The van der Waals surface area contributed by atoms with Crippen LogP contribution in [0.25, 0.3) is 0 Å². The third-order valence-corrected chi connectivity index (χ3v) is 7.74. The van der Waals surface area contributed by atoms with Crippen molar-refractivity contribution in [1.82, 2.24) is 13.5 Å². The molecule has 0 radical (unpaired) electrons. The molecule has 0 spiro atoms. The molecule has 7 heteroatoms. The van der Waals surface area contributed by atoms with Crippen LogP contribution in [0.1, 0.15) is 71.6 Å². The Kier molecular flexibility index (Phi) is 8.84. The second-order valence-corrected chi connectivity index (χ2v) is 9.68. The second kappa shape index (κ2) is 10.6. The first kappa shape index (κ1) is 21.6. The van der Waals surface area contributed by atoms with Gasteiger partial charge in [-0.2, -0.15) is 17.0 Å². The number of unbranched alkanes of at least 4 members (excludes halogenated alkanes) is 2. The fourth-order valence-electron chi connectivity index (χ4n) is 3.93. The summed E-state index contributed by atoms with van der Waals surface area (Å²) in [4.78, 5) is 14.3. The van der Waals surface area contributed by atoms with E-state index in [4.69, 9.17) is 0 Å². The third-order valence-electron chi connectivity index (χ3n) is 5.70. The molecular weight excluding hydrogens is 350 g/mol. The minimum absolute atomic E-state index is 0.211. The lowest BCUT2D eigenvalue weighted by Crippen LogP contribution is -2.54. The third kappa shape index (κ3) is 5.92. The average Bonchev–Trinajstić information content (AvgIpc) is 3.14. The van der Waals surface area contributed by atoms with Crippen molar-refractivity contribution in [3.8, 4) is 0 Å². The Hall–Kier alpha value is -0.660. The van der Waals surface area contributed by atoms with Gasteiger partial charge in [-0.3, -0.25) is 4.79 Å². The molecule has 1 aliphatic heterocycles. The van der Waals surface area contributed by atoms with E-state index in [1.807, 2.05) is 4.90 Å². The quantitative estimate of drug-likeness (QED) is 0.579. The van der Waals surface area contributed by atoms with Gasteiger partial charge in [0.2, 0.25) is 5.91 Å². The summed E-state index contributed by atoms with van der Waals surface area (Å²) in [5, 5.41) is 0. The summed E-state index contributed by atoms with van der Waals surface area (Å²) in [6.07, 6.45) is 9.24. The molecule has 0 N–H and O–H groups in total. The van der Waals surface area contributed by atoms with E-state index >= 15 is 0 Å². The molecule has 0 bridgehead atoms. The average molecular weight is 388 g/mol. The fraction of sp³-hybridized carbons (Fsp3) is 0.947. The largest absolute Gasteiger partial charge is 0.340 e. The Bertz CT molecular complexity index is 516. The van der Waals surface area contributed by atoms with Gasteiger partial charge >= 0.3 is 0 Å². The minimum atomic E-state index is -3.41. The van der Waals surface area contributed by atoms with E-state index in [1.54, 1.807) is 8.61 Å². The molecule has 0 aromatic carbocycles. The molecule has 1 heterocycles. The van der Waals surface area contributed by atoms with Gasteiger partial charge in [0.25, 0.3) is 10.2 Å². The number of carbonyl (C=O) groups is 1. The summed E-state index contributed by atoms with van der Waals surface area (Å²) in [6.45, 7) is 7.26. The lowest BCUT2D eigenvalue weighted by molar-refractivity contribution is -0.133. The van der Waals surface area contributed by atoms with Crippen molar-refractivity contribution < 1.29 is 13.2 Å². The van der Waals surface area contributed by atoms with Gasteiger partial charge in [-0.1, -0.05) is 39.5 Å². The molecule has 6 nitrogen and oxygen atoms in total. The van der Waals surface area contributed by atoms with Crippen LogP contribution in [0, 0.1) is 5.92 Å². The van der Waals surface area contributed by atoms with Crippen molar-refractivity contribution >= 4 is 16.1 Å². The van der Waals surface area contributed by atoms with E-state index in [-0.39, 0.29) is 5.91 Å². The molecule has 0 unspecified atom stereocenters. The zero-order chi connectivity index (χ0) is 19.0. The van der Waals surface area contributed by atoms with Crippen LogP contribution in [0.5, 0.6) is 0 Å². The van der Waals surface area contributed by atoms with Crippen molar-refractivity contribution in [3.05, 3.63) is 0 Å². The first-order valence-electron chi connectivity index (χ1n) is 10.5. The van der Waals surface area contributed by atoms with Gasteiger partial charge in [0.1, 0.15) is 0 Å². The van der Waals surface area contributed by atoms with E-state index in [0.29, 0.717) is 51.6 Å². The maximum absolute atomic E-state index is 13.0. The van der Waals surface area contributed by atoms with E-state index in [0.717, 1.165) is 25.7 Å². The highest BCUT2D eigenvalue weighted by atomic mass is 32.2. The molecule has 2 aliphatic rings. The topological polar surface area (TPSA) is 60.9 Å². The van der Waals surface area contributed by atoms with Crippen molar-refractivity contribution in [2.45, 2.75) is 71.6 Å². The highest BCUT2D eigenvalue weighted by Gasteiger charge is 2.33. The van der Waals surface area contributed by atoms with Crippen LogP contribution >= 0.6 is 0 Å². The first-order valence-corrected chi connectivity index (χ1v) is 11.9. The Morgan fingerprint density at radius 2 is 1.50 bits per heavy atom. The van der Waals surface area contributed by atoms with E-state index < -0.39 is 10.2 Å². The summed E-state index contributed by atoms with van der Waals surface area (Å²) in [5.41, 5.74) is 0. The molecule has 2 fully saturated rings. The van der Waals surface area contributed by atoms with Crippen LogP contribution < -0.4 is 0 Å². The molecule has 1 amide bonds. The number of hydrogen-bond acceptors (Lipinski definition) is 3. The molecule has 0 aromatic heterocycles. The smallest absolute Gasteiger partial charge is 0.282 e. The number of rotatable bonds is 10. The Morgan fingerprint density at radius 1 is 0.962 bits per heavy atom. The highest BCUT2D eigenvalue weighted by molar-refractivity contribution is 7.86. The summed E-state index contributed by atoms with van der Waals surface area (Å²) in [6, 6.07) is 0. The van der Waals surface area contributed by atoms with Crippen molar-refractivity contribution in [1.29, 1.82) is 0 Å². The van der Waals surface area contributed by atoms with Gasteiger partial charge in [0.05, 0.1) is 0 Å². The summed E-state index contributed by atoms with van der Waals surface area (Å²) in [7, 11) is -3.41. The zero-order valence-electron chi connectivity index (χ0n) is 16.7. The SMILES string of the molecule is CCCCN(CCCC)S(=O)(=O)N1CCN(C(=O)CC2CCCC2)CC1. The summed E-state index contributed by atoms with van der Waals surface area (Å²) >= 11 is 0. The van der Waals surface area contributed by atoms with Gasteiger partial charge in [-0.05, 0) is 31.6 Å². The number of carbonyl (C=O) groups excluding carboxylic acids is 1. The fourth-order valence-corrected chi connectivity index (χ4v) is 5.60. The number of hydrogen-bond donors (Lipinski definition) is 0. The Balaban J connectivity index is 1.87. The first-order chi connectivity index (χ1) is 12.5. The van der Waals surface area contributed by atoms with Crippen LogP contribution in [0.15, 0.2) is 0 Å². The van der Waals surface area contributed by atoms with Crippen LogP contribution in [0.3, 0.4) is 0 Å². The van der Waals surface area contributed by atoms with Crippen LogP contribution in [-0.4, -0.2) is 67.1 Å². The van der Waals surface area contributed by atoms with Crippen LogP contribution in [0.2, 0.25) is 0 Å².